The van der Waals surface area contributed by atoms with Gasteiger partial charge in [0.2, 0.25) is 17.7 Å². The summed E-state index contributed by atoms with van der Waals surface area (Å²) in [5, 5.41) is 28.9. The molecule has 34 heavy (non-hydrogen) atoms. The van der Waals surface area contributed by atoms with E-state index in [-0.39, 0.29) is 37.0 Å². The second-order valence-electron chi connectivity index (χ2n) is 9.72. The fourth-order valence-corrected chi connectivity index (χ4v) is 3.39. The second-order valence-corrected chi connectivity index (χ2v) is 9.72. The van der Waals surface area contributed by atoms with Gasteiger partial charge in [0.25, 0.3) is 0 Å². The van der Waals surface area contributed by atoms with Crippen LogP contribution in [-0.2, 0) is 24.0 Å². The van der Waals surface area contributed by atoms with Gasteiger partial charge in [-0.15, -0.1) is 0 Å². The Bertz CT molecular complexity index is 709. The van der Waals surface area contributed by atoms with Crippen LogP contribution in [0, 0.1) is 17.8 Å². The third-order valence-corrected chi connectivity index (χ3v) is 5.22. The van der Waals surface area contributed by atoms with Gasteiger partial charge in [-0.2, -0.15) is 0 Å². The number of rotatable bonds is 16. The minimum atomic E-state index is -1.16. The van der Waals surface area contributed by atoms with Gasteiger partial charge in [-0.05, 0) is 44.1 Å². The zero-order valence-corrected chi connectivity index (χ0v) is 21.3. The zero-order chi connectivity index (χ0) is 26.6. The number of hydrogen-bond acceptors (Lipinski definition) is 6. The quantitative estimate of drug-likeness (QED) is 0.185. The topological polar surface area (TPSA) is 174 Å². The number of amides is 3. The van der Waals surface area contributed by atoms with Gasteiger partial charge in [0.15, 0.2) is 0 Å². The van der Waals surface area contributed by atoms with E-state index in [9.17, 15) is 29.1 Å². The van der Waals surface area contributed by atoms with E-state index in [1.165, 1.54) is 7.05 Å². The van der Waals surface area contributed by atoms with Crippen molar-refractivity contribution in [1.29, 1.82) is 0 Å². The monoisotopic (exact) mass is 486 g/mol. The first-order valence-corrected chi connectivity index (χ1v) is 11.7. The molecule has 11 nitrogen and oxygen atoms in total. The van der Waals surface area contributed by atoms with Crippen LogP contribution in [-0.4, -0.2) is 71.1 Å². The average Bonchev–Trinajstić information content (AvgIpc) is 2.69. The van der Waals surface area contributed by atoms with Crippen molar-refractivity contribution in [1.82, 2.24) is 21.3 Å². The van der Waals surface area contributed by atoms with E-state index < -0.39 is 53.8 Å². The minimum Gasteiger partial charge on any atom is -0.481 e. The van der Waals surface area contributed by atoms with E-state index >= 15 is 0 Å². The molecular formula is C23H42N4O7. The summed E-state index contributed by atoms with van der Waals surface area (Å²) in [6.07, 6.45) is 0.420. The highest BCUT2D eigenvalue weighted by molar-refractivity contribution is 5.94. The Morgan fingerprint density at radius 1 is 0.676 bits per heavy atom. The lowest BCUT2D eigenvalue weighted by Gasteiger charge is -2.27. The van der Waals surface area contributed by atoms with Crippen LogP contribution < -0.4 is 21.3 Å². The second kappa shape index (κ2) is 15.3. The van der Waals surface area contributed by atoms with Crippen LogP contribution in [0.25, 0.3) is 0 Å². The summed E-state index contributed by atoms with van der Waals surface area (Å²) in [6.45, 7) is 10.8. The fourth-order valence-electron chi connectivity index (χ4n) is 3.39. The van der Waals surface area contributed by atoms with Crippen molar-refractivity contribution < 1.29 is 34.2 Å². The molecule has 0 aliphatic heterocycles. The summed E-state index contributed by atoms with van der Waals surface area (Å²) in [6, 6.07) is -3.82. The predicted molar refractivity (Wildman–Crippen MR) is 127 cm³/mol. The van der Waals surface area contributed by atoms with Crippen LogP contribution in [0.15, 0.2) is 0 Å². The molecule has 0 aromatic heterocycles. The normalized spacial score (nSPS) is 14.9. The molecule has 0 saturated carbocycles. The summed E-state index contributed by atoms with van der Waals surface area (Å²) in [4.78, 5) is 61.0. The molecular weight excluding hydrogens is 444 g/mol. The maximum atomic E-state index is 13.1. The molecule has 4 atom stereocenters. The third kappa shape index (κ3) is 12.0. The number of aliphatic carboxylic acids is 2. The summed E-state index contributed by atoms with van der Waals surface area (Å²) in [5.74, 6) is -4.16. The number of likely N-dealkylation sites (N-methyl/N-ethyl adjacent to an activating group) is 1. The van der Waals surface area contributed by atoms with E-state index in [1.807, 2.05) is 27.7 Å². The predicted octanol–water partition coefficient (Wildman–Crippen LogP) is 0.726. The molecule has 196 valence electrons. The molecule has 0 aliphatic carbocycles. The third-order valence-electron chi connectivity index (χ3n) is 5.22. The smallest absolute Gasteiger partial charge is 0.326 e. The van der Waals surface area contributed by atoms with E-state index in [2.05, 4.69) is 21.3 Å². The van der Waals surface area contributed by atoms with Crippen molar-refractivity contribution in [3.63, 3.8) is 0 Å². The standard InChI is InChI=1S/C23H42N4O7/c1-12(2)10-16(25-20(30)15(24-7)8-9-18(28)29)21(31)26-17(11-13(3)4)22(32)27-19(14(5)6)23(33)34/h12-17,19,24H,8-11H2,1-7H3,(H,25,30)(H,26,31)(H,27,32)(H,28,29)(H,33,34)/t15-,16-,17-,19-/m0/s1. The van der Waals surface area contributed by atoms with Crippen LogP contribution in [0.2, 0.25) is 0 Å². The van der Waals surface area contributed by atoms with Crippen molar-refractivity contribution in [2.75, 3.05) is 7.05 Å². The van der Waals surface area contributed by atoms with Gasteiger partial charge in [-0.25, -0.2) is 4.79 Å². The molecule has 0 rings (SSSR count). The molecule has 0 unspecified atom stereocenters. The highest BCUT2D eigenvalue weighted by Crippen LogP contribution is 2.11. The number of carbonyl (C=O) groups excluding carboxylic acids is 3. The molecule has 0 heterocycles. The van der Waals surface area contributed by atoms with Crippen molar-refractivity contribution in [2.24, 2.45) is 17.8 Å². The van der Waals surface area contributed by atoms with Gasteiger partial charge in [0.05, 0.1) is 6.04 Å². The number of carboxylic acid groups (broad SMARTS) is 2. The maximum absolute atomic E-state index is 13.1. The molecule has 6 N–H and O–H groups in total. The number of nitrogens with one attached hydrogen (secondary N) is 4. The van der Waals surface area contributed by atoms with Crippen LogP contribution in [0.3, 0.4) is 0 Å². The van der Waals surface area contributed by atoms with Crippen molar-refractivity contribution in [2.45, 2.75) is 91.4 Å². The molecule has 0 fully saturated rings. The number of carbonyl (C=O) groups is 5. The fraction of sp³-hybridized carbons (Fsp3) is 0.783. The van der Waals surface area contributed by atoms with E-state index in [0.717, 1.165) is 0 Å². The molecule has 0 saturated heterocycles. The molecule has 0 aliphatic rings. The zero-order valence-electron chi connectivity index (χ0n) is 21.3. The maximum Gasteiger partial charge on any atom is 0.326 e. The minimum absolute atomic E-state index is 0.0289. The van der Waals surface area contributed by atoms with Gasteiger partial charge < -0.3 is 31.5 Å². The first-order chi connectivity index (χ1) is 15.7. The van der Waals surface area contributed by atoms with Crippen molar-refractivity contribution in [3.05, 3.63) is 0 Å². The summed E-state index contributed by atoms with van der Waals surface area (Å²) < 4.78 is 0. The van der Waals surface area contributed by atoms with Crippen molar-refractivity contribution in [3.8, 4) is 0 Å². The van der Waals surface area contributed by atoms with Crippen LogP contribution in [0.4, 0.5) is 0 Å². The van der Waals surface area contributed by atoms with E-state index in [1.54, 1.807) is 13.8 Å². The molecule has 0 bridgehead atoms. The summed E-state index contributed by atoms with van der Waals surface area (Å²) >= 11 is 0. The van der Waals surface area contributed by atoms with E-state index in [4.69, 9.17) is 5.11 Å². The Hall–Kier alpha value is -2.69. The van der Waals surface area contributed by atoms with Gasteiger partial charge >= 0.3 is 11.9 Å². The first kappa shape index (κ1) is 31.3. The Morgan fingerprint density at radius 3 is 1.41 bits per heavy atom. The Morgan fingerprint density at radius 2 is 1.09 bits per heavy atom. The van der Waals surface area contributed by atoms with Crippen LogP contribution >= 0.6 is 0 Å². The Kier molecular flexibility index (Phi) is 14.1. The SMILES string of the molecule is CN[C@@H](CCC(=O)O)C(=O)N[C@@H](CC(C)C)C(=O)N[C@@H](CC(C)C)C(=O)N[C@H](C(=O)O)C(C)C. The Labute approximate surface area is 201 Å². The lowest BCUT2D eigenvalue weighted by molar-refractivity contribution is -0.143. The first-order valence-electron chi connectivity index (χ1n) is 11.7. The van der Waals surface area contributed by atoms with Gasteiger partial charge in [0.1, 0.15) is 18.1 Å². The van der Waals surface area contributed by atoms with Crippen molar-refractivity contribution >= 4 is 29.7 Å². The molecule has 0 radical (unpaired) electrons. The molecule has 0 spiro atoms. The average molecular weight is 487 g/mol. The molecule has 11 heteroatoms. The van der Waals surface area contributed by atoms with Crippen LogP contribution in [0.1, 0.15) is 67.2 Å². The molecule has 0 aromatic rings. The van der Waals surface area contributed by atoms with E-state index in [0.29, 0.717) is 6.42 Å². The lowest BCUT2D eigenvalue weighted by atomic mass is 9.98. The Balaban J connectivity index is 5.57. The van der Waals surface area contributed by atoms with Gasteiger partial charge in [-0.1, -0.05) is 41.5 Å². The molecule has 0 aromatic carbocycles. The summed E-state index contributed by atoms with van der Waals surface area (Å²) in [7, 11) is 1.53. The van der Waals surface area contributed by atoms with Gasteiger partial charge in [0, 0.05) is 6.42 Å². The largest absolute Gasteiger partial charge is 0.481 e. The highest BCUT2D eigenvalue weighted by atomic mass is 16.4. The van der Waals surface area contributed by atoms with Gasteiger partial charge in [-0.3, -0.25) is 19.2 Å². The number of carboxylic acids is 2. The number of hydrogen-bond donors (Lipinski definition) is 6. The van der Waals surface area contributed by atoms with Crippen LogP contribution in [0.5, 0.6) is 0 Å². The molecule has 3 amide bonds. The summed E-state index contributed by atoms with van der Waals surface area (Å²) in [5.41, 5.74) is 0. The lowest BCUT2D eigenvalue weighted by Crippen LogP contribution is -2.58. The highest BCUT2D eigenvalue weighted by Gasteiger charge is 2.32.